The van der Waals surface area contributed by atoms with Crippen LogP contribution in [0.3, 0.4) is 0 Å². The van der Waals surface area contributed by atoms with Crippen LogP contribution < -0.4 is 9.30 Å². The van der Waals surface area contributed by atoms with Crippen LogP contribution in [-0.4, -0.2) is 0 Å². The van der Waals surface area contributed by atoms with E-state index >= 15 is 0 Å². The van der Waals surface area contributed by atoms with Crippen molar-refractivity contribution in [1.82, 2.24) is 0 Å². The van der Waals surface area contributed by atoms with Gasteiger partial charge in [0.05, 0.1) is 10.9 Å². The topological polar surface area (TPSA) is 13.1 Å². The van der Waals surface area contributed by atoms with Crippen LogP contribution in [0.5, 0.6) is 5.75 Å². The Morgan fingerprint density at radius 1 is 1.04 bits per heavy atom. The Balaban J connectivity index is 2.06. The highest BCUT2D eigenvalue weighted by atomic mass is 16.5. The minimum atomic E-state index is 0.646. The zero-order valence-electron chi connectivity index (χ0n) is 15.2. The van der Waals surface area contributed by atoms with Gasteiger partial charge in [-0.15, -0.1) is 0 Å². The molecule has 0 saturated heterocycles. The highest BCUT2D eigenvalue weighted by Gasteiger charge is 2.24. The fourth-order valence-corrected chi connectivity index (χ4v) is 3.52. The molecule has 2 nitrogen and oxygen atoms in total. The quantitative estimate of drug-likeness (QED) is 0.555. The van der Waals surface area contributed by atoms with Crippen molar-refractivity contribution >= 4 is 10.8 Å². The first-order valence-corrected chi connectivity index (χ1v) is 8.85. The summed E-state index contributed by atoms with van der Waals surface area (Å²) in [6, 6.07) is 15.0. The second-order valence-corrected chi connectivity index (χ2v) is 6.67. The third-order valence-electron chi connectivity index (χ3n) is 4.83. The SMILES string of the molecule is C=C1/C=C\C=C/Cc2ccc(C)c(-c3c4ccccc4cc[n+]3C)c2O1. The lowest BCUT2D eigenvalue weighted by atomic mass is 9.95. The van der Waals surface area contributed by atoms with Gasteiger partial charge in [0.2, 0.25) is 5.69 Å². The fraction of sp³-hybridized carbons (Fsp3) is 0.125. The average molecular weight is 340 g/mol. The molecule has 0 saturated carbocycles. The number of pyridine rings is 1. The summed E-state index contributed by atoms with van der Waals surface area (Å²) in [5.74, 6) is 1.55. The lowest BCUT2D eigenvalue weighted by Gasteiger charge is -2.17. The predicted molar refractivity (Wildman–Crippen MR) is 107 cm³/mol. The lowest BCUT2D eigenvalue weighted by molar-refractivity contribution is -0.659. The Kier molecular flexibility index (Phi) is 4.18. The van der Waals surface area contributed by atoms with E-state index in [1.165, 1.54) is 21.9 Å². The number of aromatic nitrogens is 1. The molecule has 1 aromatic heterocycles. The Morgan fingerprint density at radius 2 is 1.88 bits per heavy atom. The number of rotatable bonds is 1. The Morgan fingerprint density at radius 3 is 2.77 bits per heavy atom. The molecule has 2 heteroatoms. The molecule has 0 aliphatic carbocycles. The lowest BCUT2D eigenvalue weighted by Crippen LogP contribution is -2.31. The van der Waals surface area contributed by atoms with Crippen molar-refractivity contribution in [2.45, 2.75) is 13.3 Å². The third kappa shape index (κ3) is 2.84. The smallest absolute Gasteiger partial charge is 0.224 e. The average Bonchev–Trinajstić information content (AvgIpc) is 2.73. The van der Waals surface area contributed by atoms with Crippen LogP contribution in [0.4, 0.5) is 0 Å². The maximum Gasteiger partial charge on any atom is 0.224 e. The molecule has 0 bridgehead atoms. The van der Waals surface area contributed by atoms with Gasteiger partial charge in [-0.05, 0) is 42.0 Å². The summed E-state index contributed by atoms with van der Waals surface area (Å²) in [4.78, 5) is 0. The van der Waals surface area contributed by atoms with E-state index in [2.05, 4.69) is 79.9 Å². The van der Waals surface area contributed by atoms with Gasteiger partial charge in [-0.3, -0.25) is 0 Å². The highest BCUT2D eigenvalue weighted by Crippen LogP contribution is 2.39. The number of hydrogen-bond acceptors (Lipinski definition) is 1. The number of allylic oxidation sites excluding steroid dienone is 4. The molecule has 26 heavy (non-hydrogen) atoms. The van der Waals surface area contributed by atoms with Gasteiger partial charge in [0.15, 0.2) is 6.20 Å². The molecule has 0 fully saturated rings. The number of benzene rings is 2. The Labute approximate surface area is 154 Å². The van der Waals surface area contributed by atoms with Crippen LogP contribution in [-0.2, 0) is 13.5 Å². The first-order chi connectivity index (χ1) is 12.6. The molecule has 0 spiro atoms. The van der Waals surface area contributed by atoms with Crippen molar-refractivity contribution in [3.63, 3.8) is 0 Å². The molecule has 0 radical (unpaired) electrons. The monoisotopic (exact) mass is 340 g/mol. The number of aryl methyl sites for hydroxylation is 2. The van der Waals surface area contributed by atoms with E-state index in [4.69, 9.17) is 4.74 Å². The minimum Gasteiger partial charge on any atom is -0.457 e. The van der Waals surface area contributed by atoms with E-state index in [-0.39, 0.29) is 0 Å². The molecule has 1 aliphatic rings. The van der Waals surface area contributed by atoms with Crippen LogP contribution in [0.1, 0.15) is 11.1 Å². The molecular weight excluding hydrogens is 318 g/mol. The first-order valence-electron chi connectivity index (χ1n) is 8.85. The summed E-state index contributed by atoms with van der Waals surface area (Å²) in [6.07, 6.45) is 11.0. The van der Waals surface area contributed by atoms with Crippen LogP contribution in [0.15, 0.2) is 85.3 Å². The van der Waals surface area contributed by atoms with Crippen molar-refractivity contribution in [2.24, 2.45) is 7.05 Å². The van der Waals surface area contributed by atoms with Crippen LogP contribution >= 0.6 is 0 Å². The van der Waals surface area contributed by atoms with Gasteiger partial charge >= 0.3 is 0 Å². The second-order valence-electron chi connectivity index (χ2n) is 6.67. The van der Waals surface area contributed by atoms with Gasteiger partial charge in [-0.1, -0.05) is 55.1 Å². The summed E-state index contributed by atoms with van der Waals surface area (Å²) in [7, 11) is 2.09. The van der Waals surface area contributed by atoms with Gasteiger partial charge in [-0.2, -0.15) is 0 Å². The van der Waals surface area contributed by atoms with E-state index in [0.29, 0.717) is 5.76 Å². The molecule has 0 amide bonds. The summed E-state index contributed by atoms with van der Waals surface area (Å²) >= 11 is 0. The largest absolute Gasteiger partial charge is 0.457 e. The molecule has 3 aromatic rings. The normalized spacial score (nSPS) is 16.2. The van der Waals surface area contributed by atoms with E-state index in [9.17, 15) is 0 Å². The van der Waals surface area contributed by atoms with Gasteiger partial charge in [0.1, 0.15) is 18.6 Å². The molecule has 2 heterocycles. The van der Waals surface area contributed by atoms with E-state index in [1.807, 2.05) is 18.2 Å². The molecule has 128 valence electrons. The second kappa shape index (κ2) is 6.64. The van der Waals surface area contributed by atoms with E-state index in [0.717, 1.165) is 23.4 Å². The Bertz CT molecular complexity index is 1070. The third-order valence-corrected chi connectivity index (χ3v) is 4.83. The van der Waals surface area contributed by atoms with Gasteiger partial charge < -0.3 is 4.74 Å². The van der Waals surface area contributed by atoms with Crippen LogP contribution in [0.2, 0.25) is 0 Å². The summed E-state index contributed by atoms with van der Waals surface area (Å²) in [5.41, 5.74) is 4.65. The number of hydrogen-bond donors (Lipinski definition) is 0. The maximum atomic E-state index is 6.25. The first kappa shape index (κ1) is 16.3. The number of fused-ring (bicyclic) bond motifs is 2. The molecule has 1 aliphatic heterocycles. The van der Waals surface area contributed by atoms with Gasteiger partial charge in [0.25, 0.3) is 0 Å². The van der Waals surface area contributed by atoms with Crippen molar-refractivity contribution in [3.05, 3.63) is 96.4 Å². The molecule has 2 aromatic carbocycles. The van der Waals surface area contributed by atoms with Gasteiger partial charge in [-0.25, -0.2) is 4.57 Å². The molecule has 0 N–H and O–H groups in total. The highest BCUT2D eigenvalue weighted by molar-refractivity contribution is 5.95. The van der Waals surface area contributed by atoms with Crippen molar-refractivity contribution in [3.8, 4) is 17.0 Å². The van der Waals surface area contributed by atoms with Crippen LogP contribution in [0.25, 0.3) is 22.0 Å². The predicted octanol–water partition coefficient (Wildman–Crippen LogP) is 5.20. The molecule has 4 rings (SSSR count). The Hall–Kier alpha value is -3.13. The van der Waals surface area contributed by atoms with Crippen molar-refractivity contribution in [1.29, 1.82) is 0 Å². The number of ether oxygens (including phenoxy) is 1. The van der Waals surface area contributed by atoms with E-state index < -0.39 is 0 Å². The maximum absolute atomic E-state index is 6.25. The minimum absolute atomic E-state index is 0.646. The summed E-state index contributed by atoms with van der Waals surface area (Å²) in [5, 5.41) is 2.44. The van der Waals surface area contributed by atoms with Crippen molar-refractivity contribution in [2.75, 3.05) is 0 Å². The standard InChI is InChI=1S/C24H22NO/c1-17-13-14-20-11-6-4-5-9-18(2)26-24(20)22(17)23-21-12-8-7-10-19(21)15-16-25(23)3/h4-10,12-16H,2,11H2,1,3H3/q+1/b6-4-,9-5-. The van der Waals surface area contributed by atoms with Gasteiger partial charge in [0, 0.05) is 6.07 Å². The zero-order chi connectivity index (χ0) is 18.1. The molecular formula is C24H22NO+. The zero-order valence-corrected chi connectivity index (χ0v) is 15.2. The van der Waals surface area contributed by atoms with Crippen LogP contribution in [0, 0.1) is 6.92 Å². The summed E-state index contributed by atoms with van der Waals surface area (Å²) < 4.78 is 8.43. The van der Waals surface area contributed by atoms with E-state index in [1.54, 1.807) is 0 Å². The number of nitrogens with zero attached hydrogens (tertiary/aromatic N) is 1. The van der Waals surface area contributed by atoms with Crippen molar-refractivity contribution < 1.29 is 9.30 Å². The summed E-state index contributed by atoms with van der Waals surface area (Å²) in [6.45, 7) is 6.20. The molecule has 0 unspecified atom stereocenters. The fourth-order valence-electron chi connectivity index (χ4n) is 3.52. The molecule has 0 atom stereocenters.